The second-order valence-corrected chi connectivity index (χ2v) is 3.46. The molecule has 0 aliphatic carbocycles. The van der Waals surface area contributed by atoms with Gasteiger partial charge in [0.05, 0.1) is 17.6 Å². The average Bonchev–Trinajstić information content (AvgIpc) is 2.61. The van der Waals surface area contributed by atoms with Crippen LogP contribution in [0.15, 0.2) is 30.6 Å². The Morgan fingerprint density at radius 2 is 2.12 bits per heavy atom. The molecular weight excluding hydrogens is 219 g/mol. The van der Waals surface area contributed by atoms with Crippen LogP contribution >= 0.6 is 0 Å². The molecule has 0 bridgehead atoms. The van der Waals surface area contributed by atoms with Crippen molar-refractivity contribution in [2.45, 2.75) is 12.1 Å². The van der Waals surface area contributed by atoms with Gasteiger partial charge in [-0.05, 0) is 12.1 Å². The van der Waals surface area contributed by atoms with Gasteiger partial charge in [-0.15, -0.1) is 0 Å². The molecule has 16 heavy (non-hydrogen) atoms. The van der Waals surface area contributed by atoms with Gasteiger partial charge < -0.3 is 5.73 Å². The zero-order valence-electron chi connectivity index (χ0n) is 8.28. The lowest BCUT2D eigenvalue weighted by atomic mass is 10.0. The molecule has 0 saturated carbocycles. The number of aromatic nitrogens is 2. The Kier molecular flexibility index (Phi) is 2.59. The van der Waals surface area contributed by atoms with Gasteiger partial charge in [0.2, 0.25) is 0 Å². The van der Waals surface area contributed by atoms with Crippen molar-refractivity contribution in [1.29, 1.82) is 0 Å². The molecule has 2 aromatic rings. The molecule has 0 fully saturated rings. The first-order valence-electron chi connectivity index (χ1n) is 4.73. The second kappa shape index (κ2) is 3.79. The van der Waals surface area contributed by atoms with E-state index in [4.69, 9.17) is 5.73 Å². The van der Waals surface area contributed by atoms with Crippen molar-refractivity contribution in [3.63, 3.8) is 0 Å². The Morgan fingerprint density at radius 1 is 1.38 bits per heavy atom. The number of nitrogens with zero attached hydrogens (tertiary/aromatic N) is 2. The number of hydrogen-bond donors (Lipinski definition) is 1. The van der Waals surface area contributed by atoms with Crippen molar-refractivity contribution in [3.8, 4) is 0 Å². The highest BCUT2D eigenvalue weighted by atomic mass is 19.4. The average molecular weight is 229 g/mol. The quantitative estimate of drug-likeness (QED) is 0.855. The summed E-state index contributed by atoms with van der Waals surface area (Å²) in [6.07, 6.45) is -1.52. The largest absolute Gasteiger partial charge is 0.397 e. The lowest BCUT2D eigenvalue weighted by Crippen LogP contribution is -2.27. The zero-order valence-corrected chi connectivity index (χ0v) is 8.28. The number of pyridine rings is 1. The second-order valence-electron chi connectivity index (χ2n) is 3.46. The van der Waals surface area contributed by atoms with Gasteiger partial charge in [0, 0.05) is 18.3 Å². The predicted octanol–water partition coefficient (Wildman–Crippen LogP) is 1.94. The molecule has 0 aliphatic rings. The van der Waals surface area contributed by atoms with Crippen molar-refractivity contribution in [2.75, 3.05) is 6.54 Å². The van der Waals surface area contributed by atoms with E-state index in [1.165, 1.54) is 10.7 Å². The van der Waals surface area contributed by atoms with Crippen LogP contribution in [-0.4, -0.2) is 22.3 Å². The van der Waals surface area contributed by atoms with E-state index < -0.39 is 18.6 Å². The molecule has 6 heteroatoms. The van der Waals surface area contributed by atoms with Crippen molar-refractivity contribution < 1.29 is 13.2 Å². The normalized spacial score (nSPS) is 14.2. The molecule has 2 N–H and O–H groups in total. The van der Waals surface area contributed by atoms with Crippen LogP contribution in [-0.2, 0) is 0 Å². The van der Waals surface area contributed by atoms with E-state index in [1.807, 2.05) is 0 Å². The third-order valence-corrected chi connectivity index (χ3v) is 2.46. The minimum absolute atomic E-state index is 0.121. The van der Waals surface area contributed by atoms with Crippen LogP contribution in [0.1, 0.15) is 11.5 Å². The van der Waals surface area contributed by atoms with Crippen LogP contribution in [0.2, 0.25) is 0 Å². The van der Waals surface area contributed by atoms with Crippen LogP contribution in [0.4, 0.5) is 13.2 Å². The first-order chi connectivity index (χ1) is 7.54. The number of rotatable bonds is 2. The Balaban J connectivity index is 2.54. The van der Waals surface area contributed by atoms with E-state index in [9.17, 15) is 13.2 Å². The van der Waals surface area contributed by atoms with E-state index in [0.29, 0.717) is 5.52 Å². The number of nitrogens with two attached hydrogens (primary N) is 1. The molecule has 0 aromatic carbocycles. The summed E-state index contributed by atoms with van der Waals surface area (Å²) in [6, 6.07) is 4.97. The SMILES string of the molecule is NCC(c1cnn2ccccc12)C(F)(F)F. The molecule has 1 atom stereocenters. The lowest BCUT2D eigenvalue weighted by Gasteiger charge is -2.17. The fourth-order valence-corrected chi connectivity index (χ4v) is 1.66. The summed E-state index contributed by atoms with van der Waals surface area (Å²) in [4.78, 5) is 0. The first-order valence-corrected chi connectivity index (χ1v) is 4.73. The fourth-order valence-electron chi connectivity index (χ4n) is 1.66. The van der Waals surface area contributed by atoms with E-state index in [0.717, 1.165) is 0 Å². The summed E-state index contributed by atoms with van der Waals surface area (Å²) in [7, 11) is 0. The molecular formula is C10H10F3N3. The molecule has 86 valence electrons. The number of fused-ring (bicyclic) bond motifs is 1. The Bertz CT molecular complexity index is 489. The maximum atomic E-state index is 12.7. The van der Waals surface area contributed by atoms with Crippen LogP contribution < -0.4 is 5.73 Å². The van der Waals surface area contributed by atoms with Gasteiger partial charge in [-0.3, -0.25) is 0 Å². The van der Waals surface area contributed by atoms with Gasteiger partial charge in [0.15, 0.2) is 0 Å². The van der Waals surface area contributed by atoms with E-state index in [-0.39, 0.29) is 5.56 Å². The highest BCUT2D eigenvalue weighted by molar-refractivity contribution is 5.55. The number of hydrogen-bond acceptors (Lipinski definition) is 2. The smallest absolute Gasteiger partial charge is 0.330 e. The summed E-state index contributed by atoms with van der Waals surface area (Å²) < 4.78 is 39.5. The molecule has 0 aliphatic heterocycles. The Labute approximate surface area is 89.7 Å². The topological polar surface area (TPSA) is 43.3 Å². The van der Waals surface area contributed by atoms with E-state index in [1.54, 1.807) is 24.4 Å². The molecule has 2 rings (SSSR count). The minimum atomic E-state index is -4.34. The van der Waals surface area contributed by atoms with Crippen molar-refractivity contribution in [2.24, 2.45) is 5.73 Å². The highest BCUT2D eigenvalue weighted by Gasteiger charge is 2.41. The fraction of sp³-hybridized carbons (Fsp3) is 0.300. The number of halogens is 3. The molecule has 2 heterocycles. The molecule has 0 spiro atoms. The van der Waals surface area contributed by atoms with Gasteiger partial charge >= 0.3 is 6.18 Å². The van der Waals surface area contributed by atoms with Gasteiger partial charge in [0.25, 0.3) is 0 Å². The summed E-state index contributed by atoms with van der Waals surface area (Å²) in [5, 5.41) is 3.86. The van der Waals surface area contributed by atoms with Crippen LogP contribution in [0.25, 0.3) is 5.52 Å². The monoisotopic (exact) mass is 229 g/mol. The molecule has 0 amide bonds. The highest BCUT2D eigenvalue weighted by Crippen LogP contribution is 2.35. The van der Waals surface area contributed by atoms with Crippen molar-refractivity contribution >= 4 is 5.52 Å². The van der Waals surface area contributed by atoms with Crippen molar-refractivity contribution in [1.82, 2.24) is 9.61 Å². The summed E-state index contributed by atoms with van der Waals surface area (Å²) in [5.41, 5.74) is 5.75. The Morgan fingerprint density at radius 3 is 2.75 bits per heavy atom. The minimum Gasteiger partial charge on any atom is -0.330 e. The molecule has 1 unspecified atom stereocenters. The Hall–Kier alpha value is -1.56. The summed E-state index contributed by atoms with van der Waals surface area (Å²) in [6.45, 7) is -0.472. The molecule has 3 nitrogen and oxygen atoms in total. The van der Waals surface area contributed by atoms with E-state index in [2.05, 4.69) is 5.10 Å². The van der Waals surface area contributed by atoms with Gasteiger partial charge in [-0.1, -0.05) is 6.07 Å². The van der Waals surface area contributed by atoms with Crippen LogP contribution in [0.3, 0.4) is 0 Å². The molecule has 2 aromatic heterocycles. The van der Waals surface area contributed by atoms with Gasteiger partial charge in [-0.2, -0.15) is 18.3 Å². The lowest BCUT2D eigenvalue weighted by molar-refractivity contribution is -0.147. The number of alkyl halides is 3. The predicted molar refractivity (Wildman–Crippen MR) is 53.0 cm³/mol. The third kappa shape index (κ3) is 1.76. The van der Waals surface area contributed by atoms with Crippen molar-refractivity contribution in [3.05, 3.63) is 36.2 Å². The maximum Gasteiger partial charge on any atom is 0.397 e. The molecule has 0 radical (unpaired) electrons. The summed E-state index contributed by atoms with van der Waals surface area (Å²) in [5.74, 6) is -1.66. The maximum absolute atomic E-state index is 12.7. The van der Waals surface area contributed by atoms with Gasteiger partial charge in [-0.25, -0.2) is 4.52 Å². The summed E-state index contributed by atoms with van der Waals surface area (Å²) >= 11 is 0. The van der Waals surface area contributed by atoms with Crippen LogP contribution in [0.5, 0.6) is 0 Å². The van der Waals surface area contributed by atoms with E-state index >= 15 is 0 Å². The molecule has 0 saturated heterocycles. The zero-order chi connectivity index (χ0) is 11.8. The first kappa shape index (κ1) is 10.9. The van der Waals surface area contributed by atoms with Crippen LogP contribution in [0, 0.1) is 0 Å². The third-order valence-electron chi connectivity index (χ3n) is 2.46. The van der Waals surface area contributed by atoms with Gasteiger partial charge in [0.1, 0.15) is 0 Å². The standard InChI is InChI=1S/C10H10F3N3/c11-10(12,13)8(5-14)7-6-15-16-4-2-1-3-9(7)16/h1-4,6,8H,5,14H2.